The highest BCUT2D eigenvalue weighted by Gasteiger charge is 2.27. The van der Waals surface area contributed by atoms with Gasteiger partial charge in [-0.05, 0) is 60.0 Å². The number of benzene rings is 3. The van der Waals surface area contributed by atoms with Crippen molar-refractivity contribution in [2.45, 2.75) is 25.4 Å². The summed E-state index contributed by atoms with van der Waals surface area (Å²) < 4.78 is 5.82. The van der Waals surface area contributed by atoms with Crippen LogP contribution in [-0.4, -0.2) is 11.4 Å². The molecule has 3 aromatic rings. The number of nitrogens with one attached hydrogen (secondary N) is 2. The van der Waals surface area contributed by atoms with E-state index in [1.165, 1.54) is 17.3 Å². The van der Waals surface area contributed by atoms with Gasteiger partial charge in [-0.25, -0.2) is 0 Å². The third-order valence-electron chi connectivity index (χ3n) is 4.98. The molecule has 164 valence electrons. The van der Waals surface area contributed by atoms with E-state index in [-0.39, 0.29) is 11.4 Å². The lowest BCUT2D eigenvalue weighted by atomic mass is 10.1. The zero-order chi connectivity index (χ0) is 22.5. The fourth-order valence-electron chi connectivity index (χ4n) is 3.16. The van der Waals surface area contributed by atoms with Crippen LogP contribution in [0.4, 0.5) is 5.69 Å². The molecule has 1 atom stereocenters. The second kappa shape index (κ2) is 10.3. The smallest absolute Gasteiger partial charge is 0.260 e. The molecule has 7 heteroatoms. The summed E-state index contributed by atoms with van der Waals surface area (Å²) in [4.78, 5) is 13.0. The van der Waals surface area contributed by atoms with E-state index in [1.807, 2.05) is 48.5 Å². The van der Waals surface area contributed by atoms with Gasteiger partial charge in [-0.3, -0.25) is 4.79 Å². The zero-order valence-corrected chi connectivity index (χ0v) is 19.7. The Morgan fingerprint density at radius 3 is 2.50 bits per heavy atom. The van der Waals surface area contributed by atoms with Gasteiger partial charge in [-0.15, -0.1) is 0 Å². The SMILES string of the molecule is CCc1ccc(NC2NC(=O)/C(=C/c3ccc(OCc4ccc(Cl)cc4Cl)cc3)S2)cc1. The molecule has 0 saturated carbocycles. The quantitative estimate of drug-likeness (QED) is 0.364. The Hall–Kier alpha value is -2.60. The summed E-state index contributed by atoms with van der Waals surface area (Å²) in [6.45, 7) is 2.47. The number of ether oxygens (including phenoxy) is 1. The molecule has 0 aromatic heterocycles. The number of anilines is 1. The van der Waals surface area contributed by atoms with Crippen molar-refractivity contribution in [3.05, 3.63) is 98.4 Å². The van der Waals surface area contributed by atoms with E-state index in [0.717, 1.165) is 29.0 Å². The maximum absolute atomic E-state index is 12.4. The molecule has 1 saturated heterocycles. The first-order valence-corrected chi connectivity index (χ1v) is 11.8. The molecule has 3 aromatic carbocycles. The molecule has 1 amide bonds. The van der Waals surface area contributed by atoms with Crippen molar-refractivity contribution >= 4 is 52.6 Å². The fraction of sp³-hybridized carbons (Fsp3) is 0.160. The van der Waals surface area contributed by atoms with Gasteiger partial charge in [0.1, 0.15) is 12.4 Å². The van der Waals surface area contributed by atoms with Gasteiger partial charge >= 0.3 is 0 Å². The van der Waals surface area contributed by atoms with E-state index in [9.17, 15) is 4.79 Å². The largest absolute Gasteiger partial charge is 0.489 e. The first kappa shape index (κ1) is 22.6. The lowest BCUT2D eigenvalue weighted by Crippen LogP contribution is -2.30. The highest BCUT2D eigenvalue weighted by atomic mass is 35.5. The maximum Gasteiger partial charge on any atom is 0.260 e. The van der Waals surface area contributed by atoms with E-state index in [4.69, 9.17) is 27.9 Å². The van der Waals surface area contributed by atoms with Crippen LogP contribution in [0.3, 0.4) is 0 Å². The number of rotatable bonds is 7. The van der Waals surface area contributed by atoms with E-state index in [0.29, 0.717) is 21.6 Å². The third-order valence-corrected chi connectivity index (χ3v) is 6.59. The average Bonchev–Trinajstić information content (AvgIpc) is 3.13. The van der Waals surface area contributed by atoms with Crippen LogP contribution in [0.5, 0.6) is 5.75 Å². The number of carbonyl (C=O) groups excluding carboxylic acids is 1. The van der Waals surface area contributed by atoms with Crippen LogP contribution in [-0.2, 0) is 17.8 Å². The molecule has 4 nitrogen and oxygen atoms in total. The fourth-order valence-corrected chi connectivity index (χ4v) is 4.61. The summed E-state index contributed by atoms with van der Waals surface area (Å²) in [6, 6.07) is 21.2. The topological polar surface area (TPSA) is 50.4 Å². The summed E-state index contributed by atoms with van der Waals surface area (Å²) in [5.74, 6) is 0.632. The summed E-state index contributed by atoms with van der Waals surface area (Å²) in [7, 11) is 0. The van der Waals surface area contributed by atoms with Gasteiger partial charge in [0.05, 0.1) is 4.91 Å². The molecule has 1 aliphatic rings. The van der Waals surface area contributed by atoms with Crippen LogP contribution in [0.15, 0.2) is 71.6 Å². The van der Waals surface area contributed by atoms with Crippen molar-refractivity contribution in [2.75, 3.05) is 5.32 Å². The minimum absolute atomic E-state index is 0.0876. The molecule has 1 unspecified atom stereocenters. The van der Waals surface area contributed by atoms with Crippen molar-refractivity contribution in [3.63, 3.8) is 0 Å². The highest BCUT2D eigenvalue weighted by Crippen LogP contribution is 2.31. The lowest BCUT2D eigenvalue weighted by Gasteiger charge is -2.12. The van der Waals surface area contributed by atoms with Gasteiger partial charge in [0.15, 0.2) is 5.50 Å². The average molecular weight is 485 g/mol. The van der Waals surface area contributed by atoms with Crippen LogP contribution in [0.1, 0.15) is 23.6 Å². The van der Waals surface area contributed by atoms with E-state index >= 15 is 0 Å². The predicted octanol–water partition coefficient (Wildman–Crippen LogP) is 6.73. The number of thioether (sulfide) groups is 1. The predicted molar refractivity (Wildman–Crippen MR) is 134 cm³/mol. The summed E-state index contributed by atoms with van der Waals surface area (Å²) in [5.41, 5.74) is 3.84. The molecule has 2 N–H and O–H groups in total. The normalized spacial score (nSPS) is 16.8. The molecule has 0 radical (unpaired) electrons. The van der Waals surface area contributed by atoms with Crippen LogP contribution < -0.4 is 15.4 Å². The summed E-state index contributed by atoms with van der Waals surface area (Å²) in [5, 5.41) is 7.47. The van der Waals surface area contributed by atoms with Crippen LogP contribution in [0.2, 0.25) is 10.0 Å². The molecule has 1 heterocycles. The van der Waals surface area contributed by atoms with E-state index in [2.05, 4.69) is 29.7 Å². The molecular formula is C25H22Cl2N2O2S. The van der Waals surface area contributed by atoms with Gasteiger partial charge in [0, 0.05) is 21.3 Å². The third kappa shape index (κ3) is 5.80. The van der Waals surface area contributed by atoms with E-state index in [1.54, 1.807) is 12.1 Å². The molecule has 0 spiro atoms. The number of hydrogen-bond acceptors (Lipinski definition) is 4. The van der Waals surface area contributed by atoms with Crippen LogP contribution >= 0.6 is 35.0 Å². The molecule has 1 fully saturated rings. The van der Waals surface area contributed by atoms with Gasteiger partial charge in [-0.2, -0.15) is 0 Å². The van der Waals surface area contributed by atoms with Crippen molar-refractivity contribution in [2.24, 2.45) is 0 Å². The van der Waals surface area contributed by atoms with Crippen molar-refractivity contribution in [1.82, 2.24) is 5.32 Å². The second-order valence-electron chi connectivity index (χ2n) is 7.27. The van der Waals surface area contributed by atoms with Gasteiger partial charge < -0.3 is 15.4 Å². The van der Waals surface area contributed by atoms with Crippen LogP contribution in [0, 0.1) is 0 Å². The minimum Gasteiger partial charge on any atom is -0.489 e. The molecule has 0 aliphatic carbocycles. The molecule has 32 heavy (non-hydrogen) atoms. The van der Waals surface area contributed by atoms with Crippen LogP contribution in [0.25, 0.3) is 6.08 Å². The van der Waals surface area contributed by atoms with Gasteiger partial charge in [0.2, 0.25) is 0 Å². The first-order chi connectivity index (χ1) is 15.5. The zero-order valence-electron chi connectivity index (χ0n) is 17.4. The number of halogens is 2. The van der Waals surface area contributed by atoms with Gasteiger partial charge in [0.25, 0.3) is 5.91 Å². The molecular weight excluding hydrogens is 463 g/mol. The number of amides is 1. The molecule has 1 aliphatic heterocycles. The minimum atomic E-state index is -0.201. The summed E-state index contributed by atoms with van der Waals surface area (Å²) >= 11 is 13.6. The first-order valence-electron chi connectivity index (χ1n) is 10.2. The Labute approximate surface area is 202 Å². The van der Waals surface area contributed by atoms with Gasteiger partial charge in [-0.1, -0.05) is 72.2 Å². The number of aryl methyl sites for hydroxylation is 1. The molecule has 0 bridgehead atoms. The lowest BCUT2D eigenvalue weighted by molar-refractivity contribution is -0.116. The number of carbonyl (C=O) groups is 1. The number of hydrogen-bond donors (Lipinski definition) is 2. The monoisotopic (exact) mass is 484 g/mol. The Kier molecular flexibility index (Phi) is 7.30. The maximum atomic E-state index is 12.4. The summed E-state index contributed by atoms with van der Waals surface area (Å²) in [6.07, 6.45) is 2.88. The van der Waals surface area contributed by atoms with E-state index < -0.39 is 0 Å². The van der Waals surface area contributed by atoms with Crippen molar-refractivity contribution in [1.29, 1.82) is 0 Å². The second-order valence-corrected chi connectivity index (χ2v) is 9.26. The standard InChI is InChI=1S/C25H22Cl2N2O2S/c1-2-16-3-9-20(10-4-16)28-25-29-24(30)23(32-25)13-17-5-11-21(12-6-17)31-15-18-7-8-19(26)14-22(18)27/h3-14,25,28H,2,15H2,1H3,(H,29,30)/b23-13-. The Balaban J connectivity index is 1.35. The van der Waals surface area contributed by atoms with Crippen molar-refractivity contribution in [3.8, 4) is 5.75 Å². The molecule has 4 rings (SSSR count). The van der Waals surface area contributed by atoms with Crippen molar-refractivity contribution < 1.29 is 9.53 Å². The highest BCUT2D eigenvalue weighted by molar-refractivity contribution is 8.05. The Morgan fingerprint density at radius 1 is 1.06 bits per heavy atom. The Bertz CT molecular complexity index is 1130. The Morgan fingerprint density at radius 2 is 1.81 bits per heavy atom.